The average molecular weight is 324 g/mol. The smallest absolute Gasteiger partial charge is 0.124 e. The zero-order valence-corrected chi connectivity index (χ0v) is 14.8. The van der Waals surface area contributed by atoms with Gasteiger partial charge in [0.1, 0.15) is 6.17 Å². The standard InChI is InChI=1S/C23H29F/c1-17-10-9-15-21(23(17)24)22(16-19-11-5-3-6-12-19)18(2)20-13-7-4-8-14-20/h3,5-6,10-13,21-23H,2,4,7-9,14-16H2,1H3. The molecular formula is C23H29F. The largest absolute Gasteiger partial charge is 0.242 e. The molecule has 3 atom stereocenters. The maximum Gasteiger partial charge on any atom is 0.124 e. The maximum atomic E-state index is 15.0. The topological polar surface area (TPSA) is 0 Å². The summed E-state index contributed by atoms with van der Waals surface area (Å²) in [5, 5.41) is 0. The Morgan fingerprint density at radius 3 is 2.67 bits per heavy atom. The quantitative estimate of drug-likeness (QED) is 0.535. The van der Waals surface area contributed by atoms with Crippen LogP contribution in [0.3, 0.4) is 0 Å². The van der Waals surface area contributed by atoms with Crippen molar-refractivity contribution in [1.82, 2.24) is 0 Å². The normalized spacial score (nSPS) is 25.6. The van der Waals surface area contributed by atoms with Gasteiger partial charge in [-0.05, 0) is 80.1 Å². The van der Waals surface area contributed by atoms with Crippen LogP contribution in [0.1, 0.15) is 51.0 Å². The van der Waals surface area contributed by atoms with Crippen LogP contribution in [0.4, 0.5) is 4.39 Å². The van der Waals surface area contributed by atoms with E-state index in [1.54, 1.807) is 0 Å². The van der Waals surface area contributed by atoms with E-state index < -0.39 is 6.17 Å². The van der Waals surface area contributed by atoms with Crippen molar-refractivity contribution in [2.45, 2.75) is 58.0 Å². The molecule has 0 bridgehead atoms. The summed E-state index contributed by atoms with van der Waals surface area (Å²) in [6.07, 6.45) is 11.2. The predicted octanol–water partition coefficient (Wildman–Crippen LogP) is 6.60. The second-order valence-electron chi connectivity index (χ2n) is 7.39. The average Bonchev–Trinajstić information content (AvgIpc) is 2.63. The molecular weight excluding hydrogens is 295 g/mol. The highest BCUT2D eigenvalue weighted by Gasteiger charge is 2.34. The summed E-state index contributed by atoms with van der Waals surface area (Å²) in [5.74, 6) is 0.265. The van der Waals surface area contributed by atoms with Gasteiger partial charge in [0.25, 0.3) is 0 Å². The SMILES string of the molecule is C=C(C1=CCCCC1)C(Cc1ccccc1)C1CCC=C(C)C1F. The van der Waals surface area contributed by atoms with Gasteiger partial charge in [-0.15, -0.1) is 0 Å². The van der Waals surface area contributed by atoms with Gasteiger partial charge in [0.2, 0.25) is 0 Å². The minimum atomic E-state index is -0.826. The Hall–Kier alpha value is -1.63. The van der Waals surface area contributed by atoms with Gasteiger partial charge >= 0.3 is 0 Å². The summed E-state index contributed by atoms with van der Waals surface area (Å²) in [5.41, 5.74) is 4.79. The second kappa shape index (κ2) is 7.96. The molecule has 1 heteroatoms. The van der Waals surface area contributed by atoms with Gasteiger partial charge in [0.15, 0.2) is 0 Å². The van der Waals surface area contributed by atoms with Crippen molar-refractivity contribution in [1.29, 1.82) is 0 Å². The van der Waals surface area contributed by atoms with Crippen LogP contribution in [-0.4, -0.2) is 6.17 Å². The summed E-state index contributed by atoms with van der Waals surface area (Å²) >= 11 is 0. The summed E-state index contributed by atoms with van der Waals surface area (Å²) in [6.45, 7) is 6.40. The molecule has 0 spiro atoms. The summed E-state index contributed by atoms with van der Waals surface area (Å²) in [7, 11) is 0. The first-order chi connectivity index (χ1) is 11.7. The first-order valence-electron chi connectivity index (χ1n) is 9.39. The molecule has 0 heterocycles. The molecule has 0 amide bonds. The van der Waals surface area contributed by atoms with Crippen molar-refractivity contribution in [3.8, 4) is 0 Å². The fourth-order valence-corrected chi connectivity index (χ4v) is 4.27. The number of rotatable bonds is 5. The van der Waals surface area contributed by atoms with Crippen LogP contribution < -0.4 is 0 Å². The molecule has 128 valence electrons. The van der Waals surface area contributed by atoms with Crippen molar-refractivity contribution < 1.29 is 4.39 Å². The lowest BCUT2D eigenvalue weighted by Crippen LogP contribution is -2.31. The van der Waals surface area contributed by atoms with E-state index in [-0.39, 0.29) is 11.8 Å². The monoisotopic (exact) mass is 324 g/mol. The van der Waals surface area contributed by atoms with Crippen LogP contribution in [0.15, 0.2) is 65.8 Å². The third kappa shape index (κ3) is 3.88. The Kier molecular flexibility index (Phi) is 5.71. The fourth-order valence-electron chi connectivity index (χ4n) is 4.27. The molecule has 0 saturated carbocycles. The summed E-state index contributed by atoms with van der Waals surface area (Å²) in [6, 6.07) is 10.5. The molecule has 0 N–H and O–H groups in total. The van der Waals surface area contributed by atoms with E-state index in [1.807, 2.05) is 13.0 Å². The fraction of sp³-hybridized carbons (Fsp3) is 0.478. The van der Waals surface area contributed by atoms with Gasteiger partial charge in [-0.3, -0.25) is 0 Å². The zero-order valence-electron chi connectivity index (χ0n) is 14.8. The van der Waals surface area contributed by atoms with E-state index >= 15 is 0 Å². The van der Waals surface area contributed by atoms with Gasteiger partial charge in [-0.25, -0.2) is 4.39 Å². The van der Waals surface area contributed by atoms with E-state index in [2.05, 4.69) is 43.0 Å². The molecule has 0 saturated heterocycles. The Balaban J connectivity index is 1.87. The lowest BCUT2D eigenvalue weighted by molar-refractivity contribution is 0.191. The highest BCUT2D eigenvalue weighted by Crippen LogP contribution is 2.41. The molecule has 3 rings (SSSR count). The molecule has 0 nitrogen and oxygen atoms in total. The molecule has 2 aliphatic rings. The predicted molar refractivity (Wildman–Crippen MR) is 101 cm³/mol. The summed E-state index contributed by atoms with van der Waals surface area (Å²) < 4.78 is 15.0. The molecule has 0 fully saturated rings. The van der Waals surface area contributed by atoms with Crippen molar-refractivity contribution >= 4 is 0 Å². The van der Waals surface area contributed by atoms with Crippen molar-refractivity contribution in [3.05, 3.63) is 71.3 Å². The van der Waals surface area contributed by atoms with Crippen LogP contribution in [0.2, 0.25) is 0 Å². The van der Waals surface area contributed by atoms with Crippen LogP contribution in [-0.2, 0) is 6.42 Å². The van der Waals surface area contributed by atoms with E-state index in [4.69, 9.17) is 0 Å². The van der Waals surface area contributed by atoms with E-state index in [1.165, 1.54) is 29.6 Å². The second-order valence-corrected chi connectivity index (χ2v) is 7.39. The molecule has 0 radical (unpaired) electrons. The molecule has 3 unspecified atom stereocenters. The number of benzene rings is 1. The molecule has 0 aromatic heterocycles. The Labute approximate surface area is 146 Å². The van der Waals surface area contributed by atoms with Gasteiger partial charge in [0, 0.05) is 5.92 Å². The number of alkyl halides is 1. The lowest BCUT2D eigenvalue weighted by Gasteiger charge is -2.35. The zero-order chi connectivity index (χ0) is 16.9. The van der Waals surface area contributed by atoms with Gasteiger partial charge < -0.3 is 0 Å². The Bertz CT molecular complexity index is 623. The number of hydrogen-bond acceptors (Lipinski definition) is 0. The van der Waals surface area contributed by atoms with Crippen LogP contribution in [0.5, 0.6) is 0 Å². The third-order valence-electron chi connectivity index (χ3n) is 5.74. The third-order valence-corrected chi connectivity index (χ3v) is 5.74. The Morgan fingerprint density at radius 2 is 1.96 bits per heavy atom. The molecule has 0 aliphatic heterocycles. The summed E-state index contributed by atoms with van der Waals surface area (Å²) in [4.78, 5) is 0. The van der Waals surface area contributed by atoms with Crippen molar-refractivity contribution in [2.75, 3.05) is 0 Å². The van der Waals surface area contributed by atoms with E-state index in [9.17, 15) is 4.39 Å². The highest BCUT2D eigenvalue weighted by molar-refractivity contribution is 5.35. The molecule has 2 aliphatic carbocycles. The van der Waals surface area contributed by atoms with Gasteiger partial charge in [0.05, 0.1) is 0 Å². The highest BCUT2D eigenvalue weighted by atomic mass is 19.1. The maximum absolute atomic E-state index is 15.0. The van der Waals surface area contributed by atoms with Crippen LogP contribution in [0, 0.1) is 11.8 Å². The first kappa shape index (κ1) is 17.2. The minimum Gasteiger partial charge on any atom is -0.242 e. The van der Waals surface area contributed by atoms with Gasteiger partial charge in [-0.2, -0.15) is 0 Å². The number of allylic oxidation sites excluding steroid dienone is 5. The minimum absolute atomic E-state index is 0.0607. The number of halogens is 1. The first-order valence-corrected chi connectivity index (χ1v) is 9.39. The van der Waals surface area contributed by atoms with Crippen molar-refractivity contribution in [2.24, 2.45) is 11.8 Å². The lowest BCUT2D eigenvalue weighted by atomic mass is 9.71. The molecule has 1 aromatic rings. The molecule has 24 heavy (non-hydrogen) atoms. The molecule has 1 aromatic carbocycles. The van der Waals surface area contributed by atoms with Crippen LogP contribution >= 0.6 is 0 Å². The Morgan fingerprint density at radius 1 is 1.17 bits per heavy atom. The number of hydrogen-bond donors (Lipinski definition) is 0. The van der Waals surface area contributed by atoms with Gasteiger partial charge in [-0.1, -0.05) is 49.1 Å². The van der Waals surface area contributed by atoms with Crippen molar-refractivity contribution in [3.63, 3.8) is 0 Å². The van der Waals surface area contributed by atoms with Crippen LogP contribution in [0.25, 0.3) is 0 Å². The van der Waals surface area contributed by atoms with E-state index in [0.717, 1.165) is 37.7 Å². The van der Waals surface area contributed by atoms with E-state index in [0.29, 0.717) is 0 Å².